The van der Waals surface area contributed by atoms with Crippen LogP contribution < -0.4 is 17.3 Å². The van der Waals surface area contributed by atoms with Crippen LogP contribution >= 0.6 is 0 Å². The van der Waals surface area contributed by atoms with Gasteiger partial charge in [-0.25, -0.2) is 0 Å². The van der Waals surface area contributed by atoms with Crippen molar-refractivity contribution in [2.45, 2.75) is 77.2 Å². The van der Waals surface area contributed by atoms with E-state index in [1.54, 1.807) is 4.90 Å². The highest BCUT2D eigenvalue weighted by molar-refractivity contribution is 5.26. The SMILES string of the molecule is CCCC[NH+](CC#CCC(O)(c1ccccc1)C1CCCC1)CCCC.[Cl-]. The fraction of sp³-hybridized carbons (Fsp3) is 0.667. The van der Waals surface area contributed by atoms with Gasteiger partial charge in [0.1, 0.15) is 12.1 Å². The zero-order valence-electron chi connectivity index (χ0n) is 17.3. The van der Waals surface area contributed by atoms with Gasteiger partial charge in [-0.05, 0) is 43.1 Å². The molecule has 1 saturated carbocycles. The first-order valence-electron chi connectivity index (χ1n) is 10.8. The highest BCUT2D eigenvalue weighted by Gasteiger charge is 2.39. The van der Waals surface area contributed by atoms with Gasteiger partial charge in [0.05, 0.1) is 13.1 Å². The summed E-state index contributed by atoms with van der Waals surface area (Å²) in [6.45, 7) is 7.86. The Hall–Kier alpha value is -1.01. The van der Waals surface area contributed by atoms with Crippen molar-refractivity contribution in [1.29, 1.82) is 0 Å². The zero-order valence-corrected chi connectivity index (χ0v) is 18.0. The van der Waals surface area contributed by atoms with Crippen LogP contribution in [0.1, 0.15) is 77.2 Å². The van der Waals surface area contributed by atoms with E-state index in [0.29, 0.717) is 12.3 Å². The molecule has 2 N–H and O–H groups in total. The molecule has 1 aliphatic rings. The lowest BCUT2D eigenvalue weighted by atomic mass is 9.78. The Bertz CT molecular complexity index is 551. The topological polar surface area (TPSA) is 24.7 Å². The summed E-state index contributed by atoms with van der Waals surface area (Å²) >= 11 is 0. The molecule has 0 heterocycles. The first-order valence-corrected chi connectivity index (χ1v) is 10.8. The maximum atomic E-state index is 11.5. The molecule has 1 unspecified atom stereocenters. The number of quaternary nitrogens is 1. The number of rotatable bonds is 10. The van der Waals surface area contributed by atoms with Gasteiger partial charge in [-0.3, -0.25) is 0 Å². The van der Waals surface area contributed by atoms with Crippen LogP contribution in [-0.2, 0) is 5.60 Å². The van der Waals surface area contributed by atoms with Crippen molar-refractivity contribution in [3.8, 4) is 11.8 Å². The first kappa shape index (κ1) is 24.0. The predicted octanol–water partition coefficient (Wildman–Crippen LogP) is 0.947. The monoisotopic (exact) mass is 391 g/mol. The second kappa shape index (κ2) is 13.2. The molecule has 1 atom stereocenters. The van der Waals surface area contributed by atoms with Crippen molar-refractivity contribution < 1.29 is 22.4 Å². The molecule has 1 aromatic carbocycles. The average Bonchev–Trinajstić information content (AvgIpc) is 3.22. The van der Waals surface area contributed by atoms with E-state index in [-0.39, 0.29) is 12.4 Å². The molecular formula is C24H38ClNO. The van der Waals surface area contributed by atoms with Gasteiger partial charge in [-0.2, -0.15) is 0 Å². The summed E-state index contributed by atoms with van der Waals surface area (Å²) in [5.41, 5.74) is 0.264. The van der Waals surface area contributed by atoms with Gasteiger partial charge < -0.3 is 22.4 Å². The lowest BCUT2D eigenvalue weighted by Gasteiger charge is -2.33. The maximum absolute atomic E-state index is 11.5. The molecule has 0 aliphatic heterocycles. The van der Waals surface area contributed by atoms with Crippen molar-refractivity contribution >= 4 is 0 Å². The Morgan fingerprint density at radius 2 is 1.59 bits per heavy atom. The molecule has 0 radical (unpaired) electrons. The maximum Gasteiger partial charge on any atom is 0.139 e. The van der Waals surface area contributed by atoms with E-state index in [1.807, 2.05) is 18.2 Å². The van der Waals surface area contributed by atoms with Gasteiger partial charge in [-0.1, -0.05) is 75.8 Å². The second-order valence-electron chi connectivity index (χ2n) is 7.94. The summed E-state index contributed by atoms with van der Waals surface area (Å²) in [6, 6.07) is 10.2. The Labute approximate surface area is 173 Å². The van der Waals surface area contributed by atoms with Crippen LogP contribution in [0, 0.1) is 17.8 Å². The van der Waals surface area contributed by atoms with Crippen molar-refractivity contribution in [1.82, 2.24) is 0 Å². The second-order valence-corrected chi connectivity index (χ2v) is 7.94. The summed E-state index contributed by atoms with van der Waals surface area (Å²) in [6.07, 6.45) is 10.3. The van der Waals surface area contributed by atoms with Gasteiger partial charge in [0, 0.05) is 6.42 Å². The molecule has 0 spiro atoms. The number of unbranched alkanes of at least 4 members (excludes halogenated alkanes) is 2. The summed E-state index contributed by atoms with van der Waals surface area (Å²) < 4.78 is 0. The largest absolute Gasteiger partial charge is 1.00 e. The lowest BCUT2D eigenvalue weighted by Crippen LogP contribution is -3.12. The summed E-state index contributed by atoms with van der Waals surface area (Å²) in [4.78, 5) is 1.60. The molecular weight excluding hydrogens is 354 g/mol. The zero-order chi connectivity index (χ0) is 18.7. The first-order chi connectivity index (χ1) is 12.7. The molecule has 3 heteroatoms. The molecule has 0 amide bonds. The van der Waals surface area contributed by atoms with E-state index in [9.17, 15) is 5.11 Å². The van der Waals surface area contributed by atoms with Gasteiger partial charge >= 0.3 is 0 Å². The smallest absolute Gasteiger partial charge is 0.139 e. The van der Waals surface area contributed by atoms with Gasteiger partial charge in [0.25, 0.3) is 0 Å². The summed E-state index contributed by atoms with van der Waals surface area (Å²) in [7, 11) is 0. The number of hydrogen-bond donors (Lipinski definition) is 2. The third-order valence-electron chi connectivity index (χ3n) is 5.89. The van der Waals surface area contributed by atoms with Crippen LogP contribution in [0.3, 0.4) is 0 Å². The number of benzene rings is 1. The Kier molecular flexibility index (Phi) is 11.8. The number of halogens is 1. The quantitative estimate of drug-likeness (QED) is 0.570. The molecule has 0 aromatic heterocycles. The van der Waals surface area contributed by atoms with E-state index >= 15 is 0 Å². The average molecular weight is 392 g/mol. The van der Waals surface area contributed by atoms with Crippen LogP contribution in [0.25, 0.3) is 0 Å². The van der Waals surface area contributed by atoms with Crippen LogP contribution in [0.5, 0.6) is 0 Å². The van der Waals surface area contributed by atoms with Crippen molar-refractivity contribution in [2.75, 3.05) is 19.6 Å². The van der Waals surface area contributed by atoms with Crippen molar-refractivity contribution in [3.05, 3.63) is 35.9 Å². The Balaban J connectivity index is 0.00000364. The molecule has 0 saturated heterocycles. The molecule has 27 heavy (non-hydrogen) atoms. The van der Waals surface area contributed by atoms with Crippen molar-refractivity contribution in [3.63, 3.8) is 0 Å². The van der Waals surface area contributed by atoms with Gasteiger partial charge in [0.15, 0.2) is 0 Å². The highest BCUT2D eigenvalue weighted by atomic mass is 35.5. The molecule has 152 valence electrons. The lowest BCUT2D eigenvalue weighted by molar-refractivity contribution is -0.893. The number of nitrogens with one attached hydrogen (secondary N) is 1. The van der Waals surface area contributed by atoms with Crippen LogP contribution in [0.4, 0.5) is 0 Å². The molecule has 1 fully saturated rings. The van der Waals surface area contributed by atoms with Crippen molar-refractivity contribution in [2.24, 2.45) is 5.92 Å². The Morgan fingerprint density at radius 1 is 1.00 bits per heavy atom. The molecule has 1 aliphatic carbocycles. The normalized spacial score (nSPS) is 16.4. The van der Waals surface area contributed by atoms with Gasteiger partial charge in [-0.15, -0.1) is 0 Å². The van der Waals surface area contributed by atoms with E-state index in [0.717, 1.165) is 24.9 Å². The molecule has 0 bridgehead atoms. The molecule has 1 aromatic rings. The van der Waals surface area contributed by atoms with Crippen LogP contribution in [-0.4, -0.2) is 24.7 Å². The minimum absolute atomic E-state index is 0. The third-order valence-corrected chi connectivity index (χ3v) is 5.89. The van der Waals surface area contributed by atoms with E-state index < -0.39 is 5.60 Å². The minimum Gasteiger partial charge on any atom is -1.00 e. The minimum atomic E-state index is -0.780. The highest BCUT2D eigenvalue weighted by Crippen LogP contribution is 2.42. The van der Waals surface area contributed by atoms with E-state index in [1.165, 1.54) is 51.6 Å². The Morgan fingerprint density at radius 3 is 2.15 bits per heavy atom. The predicted molar refractivity (Wildman–Crippen MR) is 110 cm³/mol. The number of hydrogen-bond acceptors (Lipinski definition) is 1. The standard InChI is InChI=1S/C24H37NO.ClH/c1-3-5-19-25(20-6-4-2)21-13-12-18-24(26,23-16-10-11-17-23)22-14-8-7-9-15-22;/h7-9,14-15,23,26H,3-6,10-11,16-21H2,1-2H3;1H. The van der Waals surface area contributed by atoms with Crippen LogP contribution in [0.15, 0.2) is 30.3 Å². The fourth-order valence-corrected chi connectivity index (χ4v) is 4.15. The van der Waals surface area contributed by atoms with E-state index in [4.69, 9.17) is 0 Å². The summed E-state index contributed by atoms with van der Waals surface area (Å²) in [5.74, 6) is 7.12. The third kappa shape index (κ3) is 7.49. The molecule has 2 rings (SSSR count). The molecule has 2 nitrogen and oxygen atoms in total. The number of aliphatic hydroxyl groups is 1. The fourth-order valence-electron chi connectivity index (χ4n) is 4.15. The van der Waals surface area contributed by atoms with Crippen LogP contribution in [0.2, 0.25) is 0 Å². The summed E-state index contributed by atoms with van der Waals surface area (Å²) in [5, 5.41) is 11.5. The van der Waals surface area contributed by atoms with E-state index in [2.05, 4.69) is 37.8 Å². The van der Waals surface area contributed by atoms with Gasteiger partial charge in [0.2, 0.25) is 0 Å².